The summed E-state index contributed by atoms with van der Waals surface area (Å²) < 4.78 is 8.88. The minimum absolute atomic E-state index is 0.429. The molecule has 1 rings (SSSR count). The molecule has 0 aliphatic rings. The summed E-state index contributed by atoms with van der Waals surface area (Å²) in [6, 6.07) is 9.18. The molecule has 1 aromatic carbocycles. The first kappa shape index (κ1) is 10.6. The molecule has 0 aliphatic carbocycles. The summed E-state index contributed by atoms with van der Waals surface area (Å²) in [6.07, 6.45) is -0.825. The smallest absolute Gasteiger partial charge is 0.354 e. The summed E-state index contributed by atoms with van der Waals surface area (Å²) >= 11 is 1.35. The molecule has 70 valence electrons. The standard InChI is InChI=1S/C7H5ClO3S2/c8-13-11-7(9)10-12-6-4-2-1-3-5-6/h1-5H. The Labute approximate surface area is 88.7 Å². The highest BCUT2D eigenvalue weighted by molar-refractivity contribution is 8.17. The van der Waals surface area contributed by atoms with Crippen molar-refractivity contribution >= 4 is 40.1 Å². The van der Waals surface area contributed by atoms with Crippen molar-refractivity contribution in [3.05, 3.63) is 30.3 Å². The highest BCUT2D eigenvalue weighted by atomic mass is 35.7. The Hall–Kier alpha value is -0.520. The van der Waals surface area contributed by atoms with Crippen molar-refractivity contribution in [3.63, 3.8) is 0 Å². The normalized spacial score (nSPS) is 9.31. The van der Waals surface area contributed by atoms with Crippen LogP contribution in [0.5, 0.6) is 0 Å². The lowest BCUT2D eigenvalue weighted by molar-refractivity contribution is 0.169. The van der Waals surface area contributed by atoms with Gasteiger partial charge in [0, 0.05) is 15.6 Å². The molecule has 0 saturated heterocycles. The first-order valence-corrected chi connectivity index (χ1v) is 5.52. The van der Waals surface area contributed by atoms with Gasteiger partial charge in [-0.3, -0.25) is 0 Å². The van der Waals surface area contributed by atoms with Gasteiger partial charge in [0.2, 0.25) is 0 Å². The van der Waals surface area contributed by atoms with Gasteiger partial charge in [-0.05, 0) is 12.1 Å². The predicted molar refractivity (Wildman–Crippen MR) is 53.3 cm³/mol. The fourth-order valence-electron chi connectivity index (χ4n) is 0.598. The monoisotopic (exact) mass is 236 g/mol. The van der Waals surface area contributed by atoms with Crippen LogP contribution in [0.25, 0.3) is 0 Å². The predicted octanol–water partition coefficient (Wildman–Crippen LogP) is 3.65. The number of hydrogen-bond acceptors (Lipinski definition) is 5. The lowest BCUT2D eigenvalue weighted by Crippen LogP contribution is -1.94. The SMILES string of the molecule is O=C(OSCl)OSc1ccccc1. The average Bonchev–Trinajstić information content (AvgIpc) is 2.17. The van der Waals surface area contributed by atoms with Crippen LogP contribution in [0, 0.1) is 0 Å². The van der Waals surface area contributed by atoms with Crippen LogP contribution in [0.2, 0.25) is 0 Å². The molecule has 0 fully saturated rings. The van der Waals surface area contributed by atoms with Crippen molar-refractivity contribution in [1.82, 2.24) is 0 Å². The van der Waals surface area contributed by atoms with E-state index in [9.17, 15) is 4.79 Å². The number of halogens is 1. The molecule has 0 unspecified atom stereocenters. The maximum absolute atomic E-state index is 10.6. The molecular formula is C7H5ClO3S2. The van der Waals surface area contributed by atoms with Gasteiger partial charge in [-0.2, -0.15) is 0 Å². The van der Waals surface area contributed by atoms with Crippen LogP contribution in [0.3, 0.4) is 0 Å². The van der Waals surface area contributed by atoms with Crippen molar-refractivity contribution in [2.45, 2.75) is 4.90 Å². The molecule has 0 aliphatic heterocycles. The second kappa shape index (κ2) is 6.01. The Balaban J connectivity index is 2.31. The van der Waals surface area contributed by atoms with E-state index in [-0.39, 0.29) is 0 Å². The van der Waals surface area contributed by atoms with Crippen LogP contribution in [-0.2, 0) is 8.37 Å². The average molecular weight is 237 g/mol. The molecule has 1 aromatic rings. The lowest BCUT2D eigenvalue weighted by Gasteiger charge is -1.99. The zero-order valence-corrected chi connectivity index (χ0v) is 8.69. The zero-order chi connectivity index (χ0) is 9.52. The van der Waals surface area contributed by atoms with E-state index in [2.05, 4.69) is 8.37 Å². The van der Waals surface area contributed by atoms with Gasteiger partial charge in [0.1, 0.15) is 0 Å². The summed E-state index contributed by atoms with van der Waals surface area (Å²) in [5.74, 6) is 0. The maximum Gasteiger partial charge on any atom is 0.534 e. The van der Waals surface area contributed by atoms with E-state index >= 15 is 0 Å². The summed E-state index contributed by atoms with van der Waals surface area (Å²) in [7, 11) is 5.06. The third-order valence-electron chi connectivity index (χ3n) is 1.05. The maximum atomic E-state index is 10.6. The van der Waals surface area contributed by atoms with E-state index < -0.39 is 6.16 Å². The van der Waals surface area contributed by atoms with E-state index in [0.29, 0.717) is 11.3 Å². The quantitative estimate of drug-likeness (QED) is 0.749. The van der Waals surface area contributed by atoms with E-state index in [4.69, 9.17) is 10.7 Å². The van der Waals surface area contributed by atoms with Crippen molar-refractivity contribution in [3.8, 4) is 0 Å². The van der Waals surface area contributed by atoms with Crippen LogP contribution >= 0.6 is 34.0 Å². The van der Waals surface area contributed by atoms with Crippen molar-refractivity contribution in [2.75, 3.05) is 0 Å². The number of rotatable bonds is 3. The Bertz CT molecular complexity index is 268. The van der Waals surface area contributed by atoms with E-state index in [1.807, 2.05) is 30.3 Å². The van der Waals surface area contributed by atoms with Crippen LogP contribution in [0.4, 0.5) is 4.79 Å². The highest BCUT2D eigenvalue weighted by Crippen LogP contribution is 2.20. The van der Waals surface area contributed by atoms with Crippen molar-refractivity contribution in [2.24, 2.45) is 0 Å². The molecule has 0 spiro atoms. The Morgan fingerprint density at radius 1 is 1.23 bits per heavy atom. The first-order chi connectivity index (χ1) is 6.33. The number of carbonyl (C=O) groups is 1. The molecule has 0 amide bonds. The number of hydrogen-bond donors (Lipinski definition) is 0. The molecule has 3 nitrogen and oxygen atoms in total. The lowest BCUT2D eigenvalue weighted by atomic mass is 10.4. The molecular weight excluding hydrogens is 232 g/mol. The van der Waals surface area contributed by atoms with Gasteiger partial charge in [0.05, 0.1) is 12.0 Å². The van der Waals surface area contributed by atoms with Gasteiger partial charge in [-0.15, -0.1) is 0 Å². The van der Waals surface area contributed by atoms with Crippen LogP contribution in [0.15, 0.2) is 35.2 Å². The summed E-state index contributed by atoms with van der Waals surface area (Å²) in [4.78, 5) is 11.5. The summed E-state index contributed by atoms with van der Waals surface area (Å²) in [5, 5.41) is 0. The van der Waals surface area contributed by atoms with Crippen molar-refractivity contribution in [1.29, 1.82) is 0 Å². The molecule has 13 heavy (non-hydrogen) atoms. The summed E-state index contributed by atoms with van der Waals surface area (Å²) in [6.45, 7) is 0. The largest absolute Gasteiger partial charge is 0.534 e. The van der Waals surface area contributed by atoms with Crippen LogP contribution in [-0.4, -0.2) is 6.16 Å². The van der Waals surface area contributed by atoms with E-state index in [1.54, 1.807) is 0 Å². The second-order valence-corrected chi connectivity index (χ2v) is 3.35. The Morgan fingerprint density at radius 2 is 1.92 bits per heavy atom. The fraction of sp³-hybridized carbons (Fsp3) is 0. The van der Waals surface area contributed by atoms with Crippen LogP contribution < -0.4 is 0 Å². The third-order valence-corrected chi connectivity index (χ3v) is 2.12. The van der Waals surface area contributed by atoms with Gasteiger partial charge in [-0.25, -0.2) is 4.79 Å². The molecule has 0 atom stereocenters. The van der Waals surface area contributed by atoms with Crippen molar-refractivity contribution < 1.29 is 13.2 Å². The van der Waals surface area contributed by atoms with Gasteiger partial charge in [0.25, 0.3) is 0 Å². The highest BCUT2D eigenvalue weighted by Gasteiger charge is 2.05. The minimum atomic E-state index is -0.825. The molecule has 0 saturated carbocycles. The zero-order valence-electron chi connectivity index (χ0n) is 6.31. The van der Waals surface area contributed by atoms with Gasteiger partial charge in [-0.1, -0.05) is 18.2 Å². The molecule has 0 bridgehead atoms. The number of benzene rings is 1. The van der Waals surface area contributed by atoms with Gasteiger partial charge in [0.15, 0.2) is 11.3 Å². The molecule has 0 N–H and O–H groups in total. The third kappa shape index (κ3) is 4.31. The first-order valence-electron chi connectivity index (χ1n) is 3.21. The molecule has 0 aromatic heterocycles. The minimum Gasteiger partial charge on any atom is -0.354 e. The molecule has 0 heterocycles. The van der Waals surface area contributed by atoms with E-state index in [0.717, 1.165) is 16.9 Å². The topological polar surface area (TPSA) is 35.5 Å². The fourth-order valence-corrected chi connectivity index (χ4v) is 1.35. The van der Waals surface area contributed by atoms with Gasteiger partial charge < -0.3 is 8.37 Å². The molecule has 0 radical (unpaired) electrons. The summed E-state index contributed by atoms with van der Waals surface area (Å²) in [5.41, 5.74) is 0. The Morgan fingerprint density at radius 3 is 2.54 bits per heavy atom. The number of carbonyl (C=O) groups excluding carboxylic acids is 1. The Kier molecular flexibility index (Phi) is 4.88. The van der Waals surface area contributed by atoms with E-state index in [1.165, 1.54) is 0 Å². The van der Waals surface area contributed by atoms with Crippen LogP contribution in [0.1, 0.15) is 0 Å². The second-order valence-electron chi connectivity index (χ2n) is 1.88. The van der Waals surface area contributed by atoms with Gasteiger partial charge >= 0.3 is 6.16 Å². The molecule has 6 heteroatoms.